The Bertz CT molecular complexity index is 715. The van der Waals surface area contributed by atoms with Gasteiger partial charge < -0.3 is 10.3 Å². The van der Waals surface area contributed by atoms with Crippen molar-refractivity contribution in [3.8, 4) is 0 Å². The minimum absolute atomic E-state index is 0.139. The predicted octanol–water partition coefficient (Wildman–Crippen LogP) is 3.61. The van der Waals surface area contributed by atoms with Gasteiger partial charge in [-0.1, -0.05) is 25.2 Å². The Hall–Kier alpha value is -1.69. The molecule has 118 valence electrons. The molecule has 0 aromatic carbocycles. The molecular formula is C16H22FN3OSi. The van der Waals surface area contributed by atoms with Crippen molar-refractivity contribution in [3.05, 3.63) is 29.5 Å². The Morgan fingerprint density at radius 3 is 2.68 bits per heavy atom. The van der Waals surface area contributed by atoms with Crippen LogP contribution in [0.3, 0.4) is 0 Å². The molecule has 22 heavy (non-hydrogen) atoms. The van der Waals surface area contributed by atoms with Gasteiger partial charge in [-0.15, -0.1) is 0 Å². The molecule has 3 rings (SSSR count). The maximum Gasteiger partial charge on any atom is 0.268 e. The minimum atomic E-state index is -1.02. The fraction of sp³-hybridized carbons (Fsp3) is 0.500. The number of amides is 1. The van der Waals surface area contributed by atoms with Crippen LogP contribution in [-0.4, -0.2) is 30.0 Å². The van der Waals surface area contributed by atoms with Crippen LogP contribution in [0.2, 0.25) is 25.2 Å². The second kappa shape index (κ2) is 5.50. The van der Waals surface area contributed by atoms with E-state index in [0.717, 1.165) is 12.8 Å². The molecule has 1 aliphatic rings. The number of H-pyrrole nitrogens is 1. The van der Waals surface area contributed by atoms with E-state index in [2.05, 4.69) is 28.4 Å². The summed E-state index contributed by atoms with van der Waals surface area (Å²) in [6.07, 6.45) is 4.84. The number of hydrogen-bond donors (Lipinski definition) is 2. The number of nitrogens with one attached hydrogen (secondary N) is 2. The van der Waals surface area contributed by atoms with E-state index in [-0.39, 0.29) is 11.9 Å². The summed E-state index contributed by atoms with van der Waals surface area (Å²) in [6, 6.07) is 2.74. The van der Waals surface area contributed by atoms with Crippen LogP contribution in [0.15, 0.2) is 12.4 Å². The number of hydrogen-bond acceptors (Lipinski definition) is 2. The van der Waals surface area contributed by atoms with Crippen molar-refractivity contribution in [1.29, 1.82) is 0 Å². The zero-order valence-electron chi connectivity index (χ0n) is 13.3. The van der Waals surface area contributed by atoms with Crippen LogP contribution in [0.1, 0.15) is 28.9 Å². The second-order valence-electron chi connectivity index (χ2n) is 7.08. The topological polar surface area (TPSA) is 57.8 Å². The standard InChI is InChI=1S/C16H22FN3OSi/c1-10-14-12(17)8-18-9-13(14)20-15(10)16(21)19-11-4-6-22(2,3)7-5-11/h8-9,11,20H,4-7H2,1-3H3,(H,19,21). The number of carbonyl (C=O) groups excluding carboxylic acids is 1. The van der Waals surface area contributed by atoms with Crippen LogP contribution < -0.4 is 5.32 Å². The first-order valence-electron chi connectivity index (χ1n) is 7.80. The molecule has 0 atom stereocenters. The van der Waals surface area contributed by atoms with Crippen molar-refractivity contribution in [3.63, 3.8) is 0 Å². The molecule has 0 spiro atoms. The summed E-state index contributed by atoms with van der Waals surface area (Å²) in [5.41, 5.74) is 1.67. The number of carbonyl (C=O) groups is 1. The van der Waals surface area contributed by atoms with Gasteiger partial charge in [-0.2, -0.15) is 0 Å². The summed E-state index contributed by atoms with van der Waals surface area (Å²) in [6.45, 7) is 6.58. The average Bonchev–Trinajstić information content (AvgIpc) is 2.80. The largest absolute Gasteiger partial charge is 0.349 e. The van der Waals surface area contributed by atoms with Crippen LogP contribution in [0.4, 0.5) is 4.39 Å². The normalized spacial score (nSPS) is 18.5. The van der Waals surface area contributed by atoms with E-state index in [1.165, 1.54) is 18.3 Å². The predicted molar refractivity (Wildman–Crippen MR) is 88.4 cm³/mol. The highest BCUT2D eigenvalue weighted by atomic mass is 28.3. The molecule has 4 nitrogen and oxygen atoms in total. The van der Waals surface area contributed by atoms with Crippen LogP contribution in [0.5, 0.6) is 0 Å². The third kappa shape index (κ3) is 2.79. The highest BCUT2D eigenvalue weighted by Crippen LogP contribution is 2.29. The molecule has 2 N–H and O–H groups in total. The number of aryl methyl sites for hydroxylation is 1. The summed E-state index contributed by atoms with van der Waals surface area (Å²) in [5, 5.41) is 3.56. The van der Waals surface area contributed by atoms with E-state index in [1.54, 1.807) is 13.1 Å². The maximum atomic E-state index is 13.9. The lowest BCUT2D eigenvalue weighted by molar-refractivity contribution is 0.0929. The van der Waals surface area contributed by atoms with Gasteiger partial charge in [-0.25, -0.2) is 4.39 Å². The molecule has 1 aliphatic heterocycles. The molecule has 0 bridgehead atoms. The summed E-state index contributed by atoms with van der Waals surface area (Å²) >= 11 is 0. The zero-order valence-corrected chi connectivity index (χ0v) is 14.3. The van der Waals surface area contributed by atoms with Gasteiger partial charge in [0.05, 0.1) is 17.9 Å². The van der Waals surface area contributed by atoms with Gasteiger partial charge in [0.1, 0.15) is 5.69 Å². The van der Waals surface area contributed by atoms with Gasteiger partial charge in [0, 0.05) is 19.5 Å². The Morgan fingerprint density at radius 2 is 2.05 bits per heavy atom. The van der Waals surface area contributed by atoms with Crippen molar-refractivity contribution in [2.75, 3.05) is 0 Å². The lowest BCUT2D eigenvalue weighted by Gasteiger charge is -2.33. The fourth-order valence-corrected chi connectivity index (χ4v) is 5.80. The minimum Gasteiger partial charge on any atom is -0.349 e. The molecular weight excluding hydrogens is 297 g/mol. The zero-order chi connectivity index (χ0) is 15.9. The number of fused-ring (bicyclic) bond motifs is 1. The van der Waals surface area contributed by atoms with Crippen LogP contribution >= 0.6 is 0 Å². The van der Waals surface area contributed by atoms with E-state index >= 15 is 0 Å². The van der Waals surface area contributed by atoms with E-state index in [4.69, 9.17) is 0 Å². The molecule has 0 unspecified atom stereocenters. The van der Waals surface area contributed by atoms with Gasteiger partial charge in [-0.3, -0.25) is 9.78 Å². The lowest BCUT2D eigenvalue weighted by atomic mass is 10.1. The number of aromatic amines is 1. The second-order valence-corrected chi connectivity index (χ2v) is 12.4. The van der Waals surface area contributed by atoms with Crippen molar-refractivity contribution in [2.24, 2.45) is 0 Å². The molecule has 1 fully saturated rings. The first-order valence-corrected chi connectivity index (χ1v) is 11.2. The molecule has 3 heterocycles. The molecule has 0 saturated carbocycles. The van der Waals surface area contributed by atoms with Crippen LogP contribution in [-0.2, 0) is 0 Å². The first kappa shape index (κ1) is 15.2. The van der Waals surface area contributed by atoms with Crippen molar-refractivity contribution in [2.45, 2.75) is 51.0 Å². The van der Waals surface area contributed by atoms with Gasteiger partial charge in [0.15, 0.2) is 5.82 Å². The van der Waals surface area contributed by atoms with E-state index in [1.807, 2.05) is 0 Å². The molecule has 2 aromatic heterocycles. The highest BCUT2D eigenvalue weighted by Gasteiger charge is 2.30. The van der Waals surface area contributed by atoms with E-state index in [9.17, 15) is 9.18 Å². The van der Waals surface area contributed by atoms with Gasteiger partial charge in [0.2, 0.25) is 0 Å². The SMILES string of the molecule is Cc1c(C(=O)NC2CC[Si](C)(C)CC2)[nH]c2cncc(F)c12. The van der Waals surface area contributed by atoms with Crippen molar-refractivity contribution < 1.29 is 9.18 Å². The number of nitrogens with zero attached hydrogens (tertiary/aromatic N) is 1. The Morgan fingerprint density at radius 1 is 1.36 bits per heavy atom. The molecule has 6 heteroatoms. The number of pyridine rings is 1. The Labute approximate surface area is 130 Å². The quantitative estimate of drug-likeness (QED) is 0.831. The van der Waals surface area contributed by atoms with Crippen LogP contribution in [0.25, 0.3) is 10.9 Å². The summed E-state index contributed by atoms with van der Waals surface area (Å²) in [5.74, 6) is -0.532. The third-order valence-corrected chi connectivity index (χ3v) is 8.10. The monoisotopic (exact) mass is 319 g/mol. The summed E-state index contributed by atoms with van der Waals surface area (Å²) in [4.78, 5) is 19.3. The lowest BCUT2D eigenvalue weighted by Crippen LogP contribution is -2.42. The van der Waals surface area contributed by atoms with Crippen LogP contribution in [0, 0.1) is 12.7 Å². The first-order chi connectivity index (χ1) is 10.4. The van der Waals surface area contributed by atoms with Crippen molar-refractivity contribution in [1.82, 2.24) is 15.3 Å². The molecule has 0 aliphatic carbocycles. The fourth-order valence-electron chi connectivity index (χ4n) is 3.29. The summed E-state index contributed by atoms with van der Waals surface area (Å²) < 4.78 is 13.9. The molecule has 1 amide bonds. The van der Waals surface area contributed by atoms with Gasteiger partial charge in [0.25, 0.3) is 5.91 Å². The maximum absolute atomic E-state index is 13.9. The molecule has 2 aromatic rings. The number of rotatable bonds is 2. The van der Waals surface area contributed by atoms with Gasteiger partial charge >= 0.3 is 0 Å². The Kier molecular flexibility index (Phi) is 3.80. The summed E-state index contributed by atoms with van der Waals surface area (Å²) in [7, 11) is -1.02. The van der Waals surface area contributed by atoms with Crippen molar-refractivity contribution >= 4 is 24.9 Å². The Balaban J connectivity index is 1.79. The van der Waals surface area contributed by atoms with Gasteiger partial charge in [-0.05, 0) is 25.3 Å². The molecule has 0 radical (unpaired) electrons. The molecule has 1 saturated heterocycles. The van der Waals surface area contributed by atoms with E-state index < -0.39 is 13.9 Å². The van der Waals surface area contributed by atoms with E-state index in [0.29, 0.717) is 22.2 Å². The average molecular weight is 319 g/mol. The third-order valence-electron chi connectivity index (χ3n) is 4.81. The number of aromatic nitrogens is 2. The highest BCUT2D eigenvalue weighted by molar-refractivity contribution is 6.77. The number of halogens is 1. The smallest absolute Gasteiger partial charge is 0.268 e.